The number of benzene rings is 1. The molecule has 1 aromatic heterocycles. The van der Waals surface area contributed by atoms with Crippen LogP contribution in [0.4, 0.5) is 10.5 Å². The van der Waals surface area contributed by atoms with Gasteiger partial charge in [0.25, 0.3) is 0 Å². The van der Waals surface area contributed by atoms with E-state index in [1.165, 1.54) is 6.20 Å². The van der Waals surface area contributed by atoms with Crippen LogP contribution in [-0.2, 0) is 4.79 Å². The number of aromatic nitrogens is 1. The minimum Gasteiger partial charge on any atom is -0.439 e. The van der Waals surface area contributed by atoms with Gasteiger partial charge in [-0.05, 0) is 38.0 Å². The molecule has 25 heavy (non-hydrogen) atoms. The molecule has 3 amide bonds. The Hall–Kier alpha value is -3.09. The molecule has 1 unspecified atom stereocenters. The molecule has 1 aliphatic heterocycles. The zero-order chi connectivity index (χ0) is 17.6. The number of anilines is 1. The van der Waals surface area contributed by atoms with Crippen LogP contribution in [0.2, 0.25) is 0 Å². The van der Waals surface area contributed by atoms with Crippen molar-refractivity contribution in [2.45, 2.75) is 25.8 Å². The molecule has 0 radical (unpaired) electrons. The van der Waals surface area contributed by atoms with Gasteiger partial charge in [0.2, 0.25) is 11.8 Å². The summed E-state index contributed by atoms with van der Waals surface area (Å²) in [6.45, 7) is 2.66. The van der Waals surface area contributed by atoms with Gasteiger partial charge >= 0.3 is 6.03 Å². The van der Waals surface area contributed by atoms with Crippen molar-refractivity contribution >= 4 is 17.6 Å². The maximum absolute atomic E-state index is 12.0. The quantitative estimate of drug-likeness (QED) is 0.797. The van der Waals surface area contributed by atoms with E-state index >= 15 is 0 Å². The molecule has 1 aromatic carbocycles. The van der Waals surface area contributed by atoms with Crippen LogP contribution >= 0.6 is 0 Å². The van der Waals surface area contributed by atoms with Gasteiger partial charge in [0.05, 0.1) is 11.9 Å². The summed E-state index contributed by atoms with van der Waals surface area (Å²) in [6.07, 6.45) is 2.99. The number of nitrogens with zero attached hydrogens (tertiary/aromatic N) is 1. The Labute approximate surface area is 145 Å². The van der Waals surface area contributed by atoms with E-state index in [4.69, 9.17) is 4.74 Å². The lowest BCUT2D eigenvalue weighted by Gasteiger charge is -2.22. The highest BCUT2D eigenvalue weighted by Crippen LogP contribution is 2.20. The molecule has 0 aliphatic carbocycles. The topological polar surface area (TPSA) is 92.4 Å². The van der Waals surface area contributed by atoms with Crippen molar-refractivity contribution in [3.05, 3.63) is 48.2 Å². The molecular weight excluding hydrogens is 320 g/mol. The summed E-state index contributed by atoms with van der Waals surface area (Å²) in [5.41, 5.74) is 1.67. The monoisotopic (exact) mass is 340 g/mol. The smallest absolute Gasteiger partial charge is 0.319 e. The van der Waals surface area contributed by atoms with Gasteiger partial charge in [-0.3, -0.25) is 4.79 Å². The van der Waals surface area contributed by atoms with E-state index in [0.29, 0.717) is 30.3 Å². The van der Waals surface area contributed by atoms with E-state index in [1.54, 1.807) is 12.1 Å². The van der Waals surface area contributed by atoms with E-state index in [1.807, 2.05) is 31.2 Å². The second-order valence-corrected chi connectivity index (χ2v) is 5.88. The Bertz CT molecular complexity index is 744. The first-order valence-corrected chi connectivity index (χ1v) is 8.16. The van der Waals surface area contributed by atoms with Crippen LogP contribution in [0, 0.1) is 6.92 Å². The van der Waals surface area contributed by atoms with E-state index < -0.39 is 12.1 Å². The van der Waals surface area contributed by atoms with Gasteiger partial charge in [-0.1, -0.05) is 17.7 Å². The predicted molar refractivity (Wildman–Crippen MR) is 93.7 cm³/mol. The van der Waals surface area contributed by atoms with E-state index in [-0.39, 0.29) is 5.91 Å². The fourth-order valence-electron chi connectivity index (χ4n) is 2.48. The summed E-state index contributed by atoms with van der Waals surface area (Å²) >= 11 is 0. The molecule has 0 spiro atoms. The molecule has 3 N–H and O–H groups in total. The maximum Gasteiger partial charge on any atom is 0.319 e. The second kappa shape index (κ2) is 7.65. The number of nitrogens with one attached hydrogen (secondary N) is 3. The average molecular weight is 340 g/mol. The standard InChI is InChI=1S/C18H20N4O3/c1-12-4-7-14(8-5-12)25-16-9-6-13(11-20-16)21-18(24)22-15-3-2-10-19-17(15)23/h4-9,11,15H,2-3,10H2,1H3,(H,19,23)(H2,21,22,24). The van der Waals surface area contributed by atoms with Crippen LogP contribution in [0.3, 0.4) is 0 Å². The summed E-state index contributed by atoms with van der Waals surface area (Å²) in [7, 11) is 0. The number of amides is 3. The fraction of sp³-hybridized carbons (Fsp3) is 0.278. The van der Waals surface area contributed by atoms with Crippen LogP contribution in [0.25, 0.3) is 0 Å². The number of rotatable bonds is 4. The molecular formula is C18H20N4O3. The van der Waals surface area contributed by atoms with Crippen LogP contribution in [0.15, 0.2) is 42.6 Å². The Kier molecular flexibility index (Phi) is 5.13. The Morgan fingerprint density at radius 3 is 2.72 bits per heavy atom. The van der Waals surface area contributed by atoms with E-state index in [2.05, 4.69) is 20.9 Å². The normalized spacial score (nSPS) is 16.7. The maximum atomic E-state index is 12.0. The van der Waals surface area contributed by atoms with Crippen molar-refractivity contribution in [3.63, 3.8) is 0 Å². The van der Waals surface area contributed by atoms with Gasteiger partial charge in [0.1, 0.15) is 11.8 Å². The van der Waals surface area contributed by atoms with E-state index in [0.717, 1.165) is 12.0 Å². The number of piperidine rings is 1. The van der Waals surface area contributed by atoms with Crippen molar-refractivity contribution in [3.8, 4) is 11.6 Å². The number of pyridine rings is 1. The summed E-state index contributed by atoms with van der Waals surface area (Å²) in [4.78, 5) is 27.8. The van der Waals surface area contributed by atoms with Gasteiger partial charge in [-0.15, -0.1) is 0 Å². The molecule has 1 fully saturated rings. The molecule has 0 saturated carbocycles. The molecule has 130 valence electrons. The number of hydrogen-bond donors (Lipinski definition) is 3. The largest absolute Gasteiger partial charge is 0.439 e. The van der Waals surface area contributed by atoms with Gasteiger partial charge in [-0.2, -0.15) is 0 Å². The van der Waals surface area contributed by atoms with Gasteiger partial charge in [-0.25, -0.2) is 9.78 Å². The lowest BCUT2D eigenvalue weighted by Crippen LogP contribution is -2.51. The molecule has 1 saturated heterocycles. The summed E-state index contributed by atoms with van der Waals surface area (Å²) in [6, 6.07) is 10.1. The second-order valence-electron chi connectivity index (χ2n) is 5.88. The zero-order valence-corrected chi connectivity index (χ0v) is 13.9. The third-order valence-corrected chi connectivity index (χ3v) is 3.83. The van der Waals surface area contributed by atoms with Crippen molar-refractivity contribution in [1.29, 1.82) is 0 Å². The van der Waals surface area contributed by atoms with Gasteiger partial charge in [0, 0.05) is 12.6 Å². The van der Waals surface area contributed by atoms with Crippen molar-refractivity contribution in [2.24, 2.45) is 0 Å². The number of urea groups is 1. The number of aryl methyl sites for hydroxylation is 1. The molecule has 2 heterocycles. The molecule has 0 bridgehead atoms. The van der Waals surface area contributed by atoms with Gasteiger partial charge in [0.15, 0.2) is 0 Å². The van der Waals surface area contributed by atoms with Crippen molar-refractivity contribution < 1.29 is 14.3 Å². The SMILES string of the molecule is Cc1ccc(Oc2ccc(NC(=O)NC3CCCNC3=O)cn2)cc1. The Morgan fingerprint density at radius 2 is 2.04 bits per heavy atom. The summed E-state index contributed by atoms with van der Waals surface area (Å²) < 4.78 is 5.64. The predicted octanol–water partition coefficient (Wildman–Crippen LogP) is 2.58. The van der Waals surface area contributed by atoms with Crippen LogP contribution in [0.5, 0.6) is 11.6 Å². The summed E-state index contributed by atoms with van der Waals surface area (Å²) in [5, 5.41) is 8.04. The van der Waals surface area contributed by atoms with E-state index in [9.17, 15) is 9.59 Å². The first kappa shape index (κ1) is 16.8. The lowest BCUT2D eigenvalue weighted by molar-refractivity contribution is -0.124. The zero-order valence-electron chi connectivity index (χ0n) is 13.9. The van der Waals surface area contributed by atoms with Crippen LogP contribution < -0.4 is 20.7 Å². The number of hydrogen-bond acceptors (Lipinski definition) is 4. The Morgan fingerprint density at radius 1 is 1.24 bits per heavy atom. The third kappa shape index (κ3) is 4.69. The fourth-order valence-corrected chi connectivity index (χ4v) is 2.48. The van der Waals surface area contributed by atoms with Crippen LogP contribution in [-0.4, -0.2) is 29.5 Å². The molecule has 2 aromatic rings. The van der Waals surface area contributed by atoms with Crippen molar-refractivity contribution in [1.82, 2.24) is 15.6 Å². The first-order valence-electron chi connectivity index (χ1n) is 8.16. The lowest BCUT2D eigenvalue weighted by atomic mass is 10.1. The molecule has 7 nitrogen and oxygen atoms in total. The van der Waals surface area contributed by atoms with Crippen LogP contribution in [0.1, 0.15) is 18.4 Å². The highest BCUT2D eigenvalue weighted by Gasteiger charge is 2.23. The highest BCUT2D eigenvalue weighted by molar-refractivity contribution is 5.93. The summed E-state index contributed by atoms with van der Waals surface area (Å²) in [5.74, 6) is 0.975. The highest BCUT2D eigenvalue weighted by atomic mass is 16.5. The molecule has 3 rings (SSSR count). The number of carbonyl (C=O) groups excluding carboxylic acids is 2. The Balaban J connectivity index is 1.54. The minimum absolute atomic E-state index is 0.152. The first-order chi connectivity index (χ1) is 12.1. The molecule has 1 aliphatic rings. The minimum atomic E-state index is -0.495. The van der Waals surface area contributed by atoms with Crippen molar-refractivity contribution in [2.75, 3.05) is 11.9 Å². The molecule has 7 heteroatoms. The molecule has 1 atom stereocenters. The number of carbonyl (C=O) groups is 2. The third-order valence-electron chi connectivity index (χ3n) is 3.83. The van der Waals surface area contributed by atoms with Gasteiger partial charge < -0.3 is 20.7 Å². The number of ether oxygens (including phenoxy) is 1. The average Bonchev–Trinajstić information content (AvgIpc) is 2.61.